The predicted molar refractivity (Wildman–Crippen MR) is 141 cm³/mol. The molecule has 38 heavy (non-hydrogen) atoms. The highest BCUT2D eigenvalue weighted by atomic mass is 35.5. The molecule has 0 aromatic heterocycles. The summed E-state index contributed by atoms with van der Waals surface area (Å²) in [5, 5.41) is 0.809. The van der Waals surface area contributed by atoms with Crippen LogP contribution >= 0.6 is 23.2 Å². The highest BCUT2D eigenvalue weighted by Crippen LogP contribution is 2.32. The van der Waals surface area contributed by atoms with Crippen LogP contribution in [0.4, 0.5) is 18.9 Å². The quantitative estimate of drug-likeness (QED) is 0.364. The monoisotopic (exact) mass is 585 g/mol. The normalized spacial score (nSPS) is 14.7. The summed E-state index contributed by atoms with van der Waals surface area (Å²) in [5.41, 5.74) is 0.287. The summed E-state index contributed by atoms with van der Waals surface area (Å²) in [7, 11) is -4.07. The second-order valence-corrected chi connectivity index (χ2v) is 11.6. The Morgan fingerprint density at radius 3 is 2.16 bits per heavy atom. The first-order chi connectivity index (χ1) is 17.9. The van der Waals surface area contributed by atoms with E-state index in [1.54, 1.807) is 35.2 Å². The molecule has 0 atom stereocenters. The summed E-state index contributed by atoms with van der Waals surface area (Å²) >= 11 is 12.0. The van der Waals surface area contributed by atoms with Crippen molar-refractivity contribution in [3.8, 4) is 0 Å². The van der Waals surface area contributed by atoms with Gasteiger partial charge in [0.2, 0.25) is 15.9 Å². The fraction of sp³-hybridized carbons (Fsp3) is 0.269. The van der Waals surface area contributed by atoms with Gasteiger partial charge in [0, 0.05) is 48.5 Å². The summed E-state index contributed by atoms with van der Waals surface area (Å²) in [6.45, 7) is 0.598. The summed E-state index contributed by atoms with van der Waals surface area (Å²) in [6, 6.07) is 17.4. The molecule has 6 nitrogen and oxygen atoms in total. The minimum absolute atomic E-state index is 0.00825. The van der Waals surface area contributed by atoms with E-state index in [-0.39, 0.29) is 24.5 Å². The third-order valence-corrected chi connectivity index (χ3v) is 8.47. The Balaban J connectivity index is 1.49. The predicted octanol–water partition coefficient (Wildman–Crippen LogP) is 5.55. The number of hydrogen-bond acceptors (Lipinski definition) is 4. The molecule has 4 rings (SSSR count). The number of piperazine rings is 1. The van der Waals surface area contributed by atoms with E-state index in [1.807, 2.05) is 0 Å². The number of sulfonamides is 1. The minimum atomic E-state index is -4.45. The second-order valence-electron chi connectivity index (χ2n) is 8.77. The van der Waals surface area contributed by atoms with Gasteiger partial charge >= 0.3 is 6.18 Å². The summed E-state index contributed by atoms with van der Waals surface area (Å²) < 4.78 is 67.4. The van der Waals surface area contributed by atoms with Gasteiger partial charge in [-0.15, -0.1) is 0 Å². The Morgan fingerprint density at radius 2 is 1.53 bits per heavy atom. The number of halogens is 5. The molecule has 1 heterocycles. The minimum Gasteiger partial charge on any atom is -0.368 e. The fourth-order valence-electron chi connectivity index (χ4n) is 4.16. The number of benzene rings is 3. The molecule has 0 bridgehead atoms. The number of carbonyl (C=O) groups is 1. The van der Waals surface area contributed by atoms with Crippen LogP contribution in [-0.4, -0.2) is 56.3 Å². The summed E-state index contributed by atoms with van der Waals surface area (Å²) in [6.07, 6.45) is -4.45. The Labute approximate surface area is 229 Å². The van der Waals surface area contributed by atoms with Crippen molar-refractivity contribution in [2.45, 2.75) is 17.6 Å². The van der Waals surface area contributed by atoms with Crippen LogP contribution in [0.1, 0.15) is 11.1 Å². The Kier molecular flexibility index (Phi) is 8.56. The molecule has 3 aromatic carbocycles. The molecule has 1 aliphatic heterocycles. The van der Waals surface area contributed by atoms with Gasteiger partial charge in [-0.25, -0.2) is 8.42 Å². The number of amides is 1. The van der Waals surface area contributed by atoms with Crippen molar-refractivity contribution in [3.05, 3.63) is 94.0 Å². The maximum absolute atomic E-state index is 13.5. The lowest BCUT2D eigenvalue weighted by Gasteiger charge is -2.37. The number of anilines is 1. The van der Waals surface area contributed by atoms with Crippen LogP contribution in [0.25, 0.3) is 0 Å². The van der Waals surface area contributed by atoms with E-state index in [4.69, 9.17) is 23.2 Å². The molecular formula is C26H24Cl2F3N3O3S. The Hall–Kier alpha value is -2.79. The molecule has 0 N–H and O–H groups in total. The topological polar surface area (TPSA) is 60.9 Å². The molecule has 1 aliphatic rings. The zero-order valence-corrected chi connectivity index (χ0v) is 22.4. The van der Waals surface area contributed by atoms with Gasteiger partial charge in [0.1, 0.15) is 0 Å². The maximum atomic E-state index is 13.5. The number of rotatable bonds is 7. The Bertz CT molecular complexity index is 1390. The van der Waals surface area contributed by atoms with Crippen molar-refractivity contribution < 1.29 is 26.4 Å². The van der Waals surface area contributed by atoms with Crippen molar-refractivity contribution in [3.63, 3.8) is 0 Å². The van der Waals surface area contributed by atoms with E-state index in [2.05, 4.69) is 0 Å². The Morgan fingerprint density at radius 1 is 0.868 bits per heavy atom. The largest absolute Gasteiger partial charge is 0.416 e. The highest BCUT2D eigenvalue weighted by molar-refractivity contribution is 7.89. The maximum Gasteiger partial charge on any atom is 0.416 e. The molecule has 202 valence electrons. The lowest BCUT2D eigenvalue weighted by atomic mass is 10.1. The lowest BCUT2D eigenvalue weighted by molar-refractivity contribution is -0.137. The fourth-order valence-corrected chi connectivity index (χ4v) is 5.88. The summed E-state index contributed by atoms with van der Waals surface area (Å²) in [5.74, 6) is -0.409. The standard InChI is InChI=1S/C26H24Cl2F3N3O3S/c27-21-7-9-24(10-8-21)38(36,37)34(17-19-3-1-5-22(28)15-19)18-25(35)33-13-11-32(12-14-33)23-6-2-4-20(16-23)26(29,30)31/h1-10,15-16H,11-14,17-18H2. The van der Waals surface area contributed by atoms with Crippen molar-refractivity contribution in [1.82, 2.24) is 9.21 Å². The number of alkyl halides is 3. The highest BCUT2D eigenvalue weighted by Gasteiger charge is 2.32. The molecule has 3 aromatic rings. The van der Waals surface area contributed by atoms with Crippen LogP contribution in [0.15, 0.2) is 77.7 Å². The molecule has 1 fully saturated rings. The van der Waals surface area contributed by atoms with Crippen LogP contribution < -0.4 is 4.90 Å². The summed E-state index contributed by atoms with van der Waals surface area (Å²) in [4.78, 5) is 16.5. The van der Waals surface area contributed by atoms with Gasteiger partial charge in [-0.3, -0.25) is 4.79 Å². The van der Waals surface area contributed by atoms with Gasteiger partial charge in [-0.05, 0) is 60.2 Å². The van der Waals surface area contributed by atoms with E-state index in [0.717, 1.165) is 16.4 Å². The first kappa shape index (κ1) is 28.2. The van der Waals surface area contributed by atoms with Crippen LogP contribution in [-0.2, 0) is 27.5 Å². The molecule has 1 amide bonds. The molecule has 0 spiro atoms. The van der Waals surface area contributed by atoms with Gasteiger partial charge in [0.05, 0.1) is 17.0 Å². The molecule has 0 saturated carbocycles. The van der Waals surface area contributed by atoms with E-state index in [1.165, 1.54) is 35.2 Å². The number of hydrogen-bond donors (Lipinski definition) is 0. The second kappa shape index (κ2) is 11.5. The van der Waals surface area contributed by atoms with Gasteiger partial charge in [0.15, 0.2) is 0 Å². The smallest absolute Gasteiger partial charge is 0.368 e. The molecule has 1 saturated heterocycles. The molecule has 0 unspecified atom stereocenters. The third-order valence-electron chi connectivity index (χ3n) is 6.18. The first-order valence-electron chi connectivity index (χ1n) is 11.6. The SMILES string of the molecule is O=C(CN(Cc1cccc(Cl)c1)S(=O)(=O)c1ccc(Cl)cc1)N1CCN(c2cccc(C(F)(F)F)c2)CC1. The zero-order valence-electron chi connectivity index (χ0n) is 20.0. The number of carbonyl (C=O) groups excluding carboxylic acids is 1. The van der Waals surface area contributed by atoms with Crippen molar-refractivity contribution >= 4 is 44.8 Å². The van der Waals surface area contributed by atoms with E-state index in [9.17, 15) is 26.4 Å². The number of nitrogens with zero attached hydrogens (tertiary/aromatic N) is 3. The molecule has 0 radical (unpaired) electrons. The average molecular weight is 586 g/mol. The van der Waals surface area contributed by atoms with Crippen LogP contribution in [0.5, 0.6) is 0 Å². The molecular weight excluding hydrogens is 562 g/mol. The van der Waals surface area contributed by atoms with Crippen molar-refractivity contribution in [2.75, 3.05) is 37.6 Å². The van der Waals surface area contributed by atoms with Gasteiger partial charge in [-0.2, -0.15) is 17.5 Å². The lowest BCUT2D eigenvalue weighted by Crippen LogP contribution is -2.51. The van der Waals surface area contributed by atoms with E-state index < -0.39 is 34.2 Å². The van der Waals surface area contributed by atoms with Gasteiger partial charge < -0.3 is 9.80 Å². The average Bonchev–Trinajstić information content (AvgIpc) is 2.88. The van der Waals surface area contributed by atoms with E-state index >= 15 is 0 Å². The zero-order chi connectivity index (χ0) is 27.5. The van der Waals surface area contributed by atoms with E-state index in [0.29, 0.717) is 34.4 Å². The molecule has 12 heteroatoms. The third kappa shape index (κ3) is 6.79. The molecule has 0 aliphatic carbocycles. The van der Waals surface area contributed by atoms with Gasteiger partial charge in [-0.1, -0.05) is 41.4 Å². The van der Waals surface area contributed by atoms with Crippen LogP contribution in [0, 0.1) is 0 Å². The van der Waals surface area contributed by atoms with Crippen molar-refractivity contribution in [1.29, 1.82) is 0 Å². The van der Waals surface area contributed by atoms with Crippen LogP contribution in [0.2, 0.25) is 10.0 Å². The van der Waals surface area contributed by atoms with Crippen molar-refractivity contribution in [2.24, 2.45) is 0 Å². The first-order valence-corrected chi connectivity index (χ1v) is 13.8. The van der Waals surface area contributed by atoms with Gasteiger partial charge in [0.25, 0.3) is 0 Å². The van der Waals surface area contributed by atoms with Crippen LogP contribution in [0.3, 0.4) is 0 Å².